The Kier molecular flexibility index (Phi) is 13.1. The van der Waals surface area contributed by atoms with E-state index in [0.29, 0.717) is 33.5 Å². The average molecular weight is 805 g/mol. The van der Waals surface area contributed by atoms with Gasteiger partial charge >= 0.3 is 0 Å². The molecule has 0 saturated heterocycles. The van der Waals surface area contributed by atoms with Gasteiger partial charge in [0.1, 0.15) is 0 Å². The van der Waals surface area contributed by atoms with Gasteiger partial charge in [0, 0.05) is 0 Å². The van der Waals surface area contributed by atoms with Crippen LogP contribution in [0.1, 0.15) is 210 Å². The molecule has 0 spiro atoms. The zero-order chi connectivity index (χ0) is 42.1. The summed E-state index contributed by atoms with van der Waals surface area (Å²) in [7, 11) is 0. The van der Waals surface area contributed by atoms with Crippen molar-refractivity contribution in [3.05, 3.63) is 23.3 Å². The molecule has 4 nitrogen and oxygen atoms in total. The van der Waals surface area contributed by atoms with Gasteiger partial charge in [0.2, 0.25) is 0 Å². The summed E-state index contributed by atoms with van der Waals surface area (Å²) in [5, 5.41) is 43.5. The van der Waals surface area contributed by atoms with Crippen LogP contribution in [0, 0.1) is 80.8 Å². The summed E-state index contributed by atoms with van der Waals surface area (Å²) in [5.41, 5.74) is 3.35. The van der Waals surface area contributed by atoms with Crippen LogP contribution in [0.3, 0.4) is 0 Å². The second-order valence-electron chi connectivity index (χ2n) is 24.9. The SMILES string of the molecule is CC(C)CCC[C@@](C)(O)[C@H]1CC[C@H]2[C@@H]3CC=C4C[C@@H](O)CC[C@]4(C)[C@H]3CC[C@@]21C.CC(C)CCC[C@](C)(O)[C@H]1CC[C@H]2[C@@H]3CC=C4C[C@@H](O)CC[C@]4(C)[C@H]3CC[C@@]21C. The van der Waals surface area contributed by atoms with Crippen molar-refractivity contribution in [1.29, 1.82) is 0 Å². The van der Waals surface area contributed by atoms with Crippen LogP contribution in [0.15, 0.2) is 23.3 Å². The predicted molar refractivity (Wildman–Crippen MR) is 241 cm³/mol. The molecule has 8 rings (SSSR count). The molecule has 8 aliphatic carbocycles. The number of aliphatic hydroxyl groups is 4. The lowest BCUT2D eigenvalue weighted by atomic mass is 9.46. The van der Waals surface area contributed by atoms with E-state index in [-0.39, 0.29) is 12.2 Å². The molecule has 0 aliphatic heterocycles. The molecule has 0 aromatic heterocycles. The molecule has 0 amide bonds. The molecule has 0 aromatic rings. The summed E-state index contributed by atoms with van der Waals surface area (Å²) in [6.07, 6.45) is 30.3. The first-order chi connectivity index (χ1) is 27.2. The van der Waals surface area contributed by atoms with Crippen LogP contribution in [0.4, 0.5) is 0 Å². The predicted octanol–water partition coefficient (Wildman–Crippen LogP) is 13.0. The average Bonchev–Trinajstić information content (AvgIpc) is 3.70. The lowest BCUT2D eigenvalue weighted by Gasteiger charge is -2.59. The number of fused-ring (bicyclic) bond motifs is 10. The standard InChI is InChI=1S/2C27H46O2/c2*1-18(2)7-6-14-27(5,29)24-11-10-22-21-9-8-19-17-20(28)12-15-25(19,3)23(21)13-16-26(22,24)4/h2*8,18,20-24,28-29H,6-7,9-17H2,1-5H3/t20-,21-,22-,23-,24-,25-,26-,27+;20-,21-,22-,23-,24-,25-,26-,27-/m00/s1. The Hall–Kier alpha value is -0.680. The zero-order valence-electron chi connectivity index (χ0n) is 39.4. The summed E-state index contributed by atoms with van der Waals surface area (Å²) >= 11 is 0. The van der Waals surface area contributed by atoms with E-state index in [1.807, 2.05) is 0 Å². The maximum atomic E-state index is 11.6. The van der Waals surface area contributed by atoms with E-state index in [1.165, 1.54) is 89.9 Å². The van der Waals surface area contributed by atoms with Crippen LogP contribution in [0.25, 0.3) is 0 Å². The second-order valence-corrected chi connectivity index (χ2v) is 24.9. The molecule has 8 aliphatic rings. The minimum atomic E-state index is -0.514. The van der Waals surface area contributed by atoms with Gasteiger partial charge in [0.15, 0.2) is 0 Å². The Bertz CT molecular complexity index is 1380. The lowest BCUT2D eigenvalue weighted by molar-refractivity contribution is -0.106. The molecular formula is C54H92O4. The topological polar surface area (TPSA) is 80.9 Å². The van der Waals surface area contributed by atoms with E-state index < -0.39 is 11.2 Å². The lowest BCUT2D eigenvalue weighted by Crippen LogP contribution is -2.53. The van der Waals surface area contributed by atoms with Crippen LogP contribution in [-0.4, -0.2) is 43.8 Å². The highest BCUT2D eigenvalue weighted by Gasteiger charge is 2.63. The molecule has 0 heterocycles. The molecule has 16 atom stereocenters. The third kappa shape index (κ3) is 8.17. The van der Waals surface area contributed by atoms with Crippen molar-refractivity contribution >= 4 is 0 Å². The molecule has 332 valence electrons. The molecular weight excluding hydrogens is 713 g/mol. The molecule has 0 unspecified atom stereocenters. The summed E-state index contributed by atoms with van der Waals surface area (Å²) in [4.78, 5) is 0. The van der Waals surface area contributed by atoms with Crippen molar-refractivity contribution in [1.82, 2.24) is 0 Å². The van der Waals surface area contributed by atoms with Crippen LogP contribution in [-0.2, 0) is 0 Å². The van der Waals surface area contributed by atoms with E-state index in [2.05, 4.69) is 81.4 Å². The van der Waals surface area contributed by atoms with Gasteiger partial charge in [-0.2, -0.15) is 0 Å². The minimum Gasteiger partial charge on any atom is -0.393 e. The van der Waals surface area contributed by atoms with Crippen molar-refractivity contribution in [2.75, 3.05) is 0 Å². The molecule has 4 N–H and O–H groups in total. The van der Waals surface area contributed by atoms with Gasteiger partial charge in [0.25, 0.3) is 0 Å². The van der Waals surface area contributed by atoms with Crippen LogP contribution < -0.4 is 0 Å². The first-order valence-corrected chi connectivity index (χ1v) is 25.4. The number of hydrogen-bond donors (Lipinski definition) is 4. The number of aliphatic hydroxyl groups excluding tert-OH is 2. The van der Waals surface area contributed by atoms with Gasteiger partial charge in [-0.05, 0) is 210 Å². The van der Waals surface area contributed by atoms with Crippen molar-refractivity contribution in [3.63, 3.8) is 0 Å². The summed E-state index contributed by atoms with van der Waals surface area (Å²) in [6.45, 7) is 23.6. The Balaban J connectivity index is 0.000000177. The quantitative estimate of drug-likeness (QED) is 0.166. The van der Waals surface area contributed by atoms with E-state index >= 15 is 0 Å². The van der Waals surface area contributed by atoms with E-state index in [9.17, 15) is 20.4 Å². The fraction of sp³-hybridized carbons (Fsp3) is 0.926. The Labute approximate surface area is 357 Å². The minimum absolute atomic E-state index is 0.114. The fourth-order valence-electron chi connectivity index (χ4n) is 17.4. The molecule has 4 heteroatoms. The monoisotopic (exact) mass is 805 g/mol. The van der Waals surface area contributed by atoms with Crippen LogP contribution in [0.2, 0.25) is 0 Å². The smallest absolute Gasteiger partial charge is 0.0653 e. The van der Waals surface area contributed by atoms with Gasteiger partial charge in [0.05, 0.1) is 23.4 Å². The summed E-state index contributed by atoms with van der Waals surface area (Å²) in [6, 6.07) is 0. The number of hydrogen-bond acceptors (Lipinski definition) is 4. The highest BCUT2D eigenvalue weighted by Crippen LogP contribution is 2.69. The largest absolute Gasteiger partial charge is 0.393 e. The van der Waals surface area contributed by atoms with Crippen molar-refractivity contribution in [3.8, 4) is 0 Å². The number of rotatable bonds is 10. The molecule has 0 aromatic carbocycles. The molecule has 0 bridgehead atoms. The Morgan fingerprint density at radius 3 is 1.29 bits per heavy atom. The van der Waals surface area contributed by atoms with E-state index in [0.717, 1.165) is 98.7 Å². The third-order valence-corrected chi connectivity index (χ3v) is 20.6. The van der Waals surface area contributed by atoms with Gasteiger partial charge in [-0.25, -0.2) is 0 Å². The fourth-order valence-corrected chi connectivity index (χ4v) is 17.4. The van der Waals surface area contributed by atoms with Crippen molar-refractivity contribution < 1.29 is 20.4 Å². The molecule has 6 fully saturated rings. The van der Waals surface area contributed by atoms with Gasteiger partial charge in [-0.1, -0.05) is 104 Å². The van der Waals surface area contributed by atoms with Gasteiger partial charge < -0.3 is 20.4 Å². The first-order valence-electron chi connectivity index (χ1n) is 25.4. The van der Waals surface area contributed by atoms with E-state index in [1.54, 1.807) is 11.1 Å². The Morgan fingerprint density at radius 1 is 0.552 bits per heavy atom. The highest BCUT2D eigenvalue weighted by atomic mass is 16.3. The van der Waals surface area contributed by atoms with Crippen LogP contribution >= 0.6 is 0 Å². The van der Waals surface area contributed by atoms with Gasteiger partial charge in [-0.3, -0.25) is 0 Å². The van der Waals surface area contributed by atoms with E-state index in [4.69, 9.17) is 0 Å². The zero-order valence-corrected chi connectivity index (χ0v) is 39.4. The number of allylic oxidation sites excluding steroid dienone is 2. The third-order valence-electron chi connectivity index (χ3n) is 20.6. The molecule has 58 heavy (non-hydrogen) atoms. The normalized spacial score (nSPS) is 46.5. The summed E-state index contributed by atoms with van der Waals surface area (Å²) < 4.78 is 0. The maximum Gasteiger partial charge on any atom is 0.0653 e. The highest BCUT2D eigenvalue weighted by molar-refractivity contribution is 5.27. The van der Waals surface area contributed by atoms with Crippen molar-refractivity contribution in [2.45, 2.75) is 234 Å². The molecule has 6 saturated carbocycles. The van der Waals surface area contributed by atoms with Crippen LogP contribution in [0.5, 0.6) is 0 Å². The second kappa shape index (κ2) is 16.8. The van der Waals surface area contributed by atoms with Crippen molar-refractivity contribution in [2.24, 2.45) is 80.8 Å². The van der Waals surface area contributed by atoms with Gasteiger partial charge in [-0.15, -0.1) is 0 Å². The molecule has 0 radical (unpaired) electrons. The first kappa shape index (κ1) is 45.3. The Morgan fingerprint density at radius 2 is 0.931 bits per heavy atom. The maximum absolute atomic E-state index is 11.6. The summed E-state index contributed by atoms with van der Waals surface area (Å²) in [5.74, 6) is 7.06.